The summed E-state index contributed by atoms with van der Waals surface area (Å²) in [5.74, 6) is 0.955. The maximum Gasteiger partial charge on any atom is 0.124 e. The summed E-state index contributed by atoms with van der Waals surface area (Å²) in [6.07, 6.45) is 0. The van der Waals surface area contributed by atoms with E-state index in [0.29, 0.717) is 17.4 Å². The highest BCUT2D eigenvalue weighted by atomic mass is 16.3. The predicted molar refractivity (Wildman–Crippen MR) is 60.7 cm³/mol. The summed E-state index contributed by atoms with van der Waals surface area (Å²) in [7, 11) is 0. The number of benzene rings is 1. The van der Waals surface area contributed by atoms with E-state index in [2.05, 4.69) is 13.8 Å². The highest BCUT2D eigenvalue weighted by Crippen LogP contribution is 2.36. The van der Waals surface area contributed by atoms with Crippen LogP contribution >= 0.6 is 0 Å². The summed E-state index contributed by atoms with van der Waals surface area (Å²) < 4.78 is 0. The van der Waals surface area contributed by atoms with E-state index in [-0.39, 0.29) is 5.92 Å². The van der Waals surface area contributed by atoms with Gasteiger partial charge in [-0.1, -0.05) is 33.8 Å². The zero-order chi connectivity index (χ0) is 10.9. The maximum atomic E-state index is 10.0. The van der Waals surface area contributed by atoms with Crippen molar-refractivity contribution >= 4 is 5.69 Å². The quantitative estimate of drug-likeness (QED) is 0.708. The third kappa shape index (κ3) is 1.84. The first-order valence-electron chi connectivity index (χ1n) is 5.06. The second-order valence-electron chi connectivity index (χ2n) is 4.32. The molecule has 0 aliphatic rings. The smallest absolute Gasteiger partial charge is 0.124 e. The van der Waals surface area contributed by atoms with E-state index in [9.17, 15) is 5.11 Å². The molecule has 3 N–H and O–H groups in total. The number of phenols is 1. The van der Waals surface area contributed by atoms with E-state index in [1.165, 1.54) is 0 Å². The van der Waals surface area contributed by atoms with Crippen molar-refractivity contribution in [3.8, 4) is 5.75 Å². The van der Waals surface area contributed by atoms with Crippen molar-refractivity contribution in [3.05, 3.63) is 23.3 Å². The number of hydrogen-bond donors (Lipinski definition) is 2. The molecule has 14 heavy (non-hydrogen) atoms. The molecule has 0 aliphatic heterocycles. The normalized spacial score (nSPS) is 11.3. The van der Waals surface area contributed by atoms with E-state index in [4.69, 9.17) is 5.73 Å². The van der Waals surface area contributed by atoms with Crippen molar-refractivity contribution in [1.82, 2.24) is 0 Å². The van der Waals surface area contributed by atoms with E-state index >= 15 is 0 Å². The largest absolute Gasteiger partial charge is 0.507 e. The molecule has 0 atom stereocenters. The Labute approximate surface area is 85.8 Å². The Morgan fingerprint density at radius 1 is 1.07 bits per heavy atom. The van der Waals surface area contributed by atoms with Crippen LogP contribution in [0.4, 0.5) is 5.69 Å². The molecule has 0 bridgehead atoms. The standard InChI is InChI=1S/C12H19NO/c1-7(2)9-5-6-10(13)11(8(3)4)12(9)14/h5-8,14H,13H2,1-4H3. The van der Waals surface area contributed by atoms with Gasteiger partial charge >= 0.3 is 0 Å². The lowest BCUT2D eigenvalue weighted by Crippen LogP contribution is -2.00. The van der Waals surface area contributed by atoms with Gasteiger partial charge in [-0.3, -0.25) is 0 Å². The number of nitrogen functional groups attached to an aromatic ring is 1. The van der Waals surface area contributed by atoms with E-state index < -0.39 is 0 Å². The van der Waals surface area contributed by atoms with Gasteiger partial charge in [0, 0.05) is 11.3 Å². The Balaban J connectivity index is 3.34. The number of anilines is 1. The van der Waals surface area contributed by atoms with E-state index in [1.54, 1.807) is 0 Å². The molecule has 0 fully saturated rings. The molecule has 2 heteroatoms. The van der Waals surface area contributed by atoms with E-state index in [1.807, 2.05) is 26.0 Å². The molecule has 0 aliphatic carbocycles. The van der Waals surface area contributed by atoms with Gasteiger partial charge in [-0.05, 0) is 23.5 Å². The predicted octanol–water partition coefficient (Wildman–Crippen LogP) is 3.22. The van der Waals surface area contributed by atoms with Crippen molar-refractivity contribution in [2.24, 2.45) is 0 Å². The third-order valence-electron chi connectivity index (χ3n) is 2.48. The molecule has 0 radical (unpaired) electrons. The van der Waals surface area contributed by atoms with Crippen molar-refractivity contribution < 1.29 is 5.11 Å². The summed E-state index contributed by atoms with van der Waals surface area (Å²) in [6, 6.07) is 3.78. The van der Waals surface area contributed by atoms with E-state index in [0.717, 1.165) is 11.1 Å². The molecule has 1 aromatic carbocycles. The molecule has 0 aromatic heterocycles. The van der Waals surface area contributed by atoms with Crippen LogP contribution in [0.1, 0.15) is 50.7 Å². The van der Waals surface area contributed by atoms with Crippen LogP contribution in [0.25, 0.3) is 0 Å². The molecule has 0 saturated carbocycles. The summed E-state index contributed by atoms with van der Waals surface area (Å²) in [5.41, 5.74) is 8.36. The van der Waals surface area contributed by atoms with Crippen LogP contribution in [-0.2, 0) is 0 Å². The first kappa shape index (κ1) is 10.9. The van der Waals surface area contributed by atoms with Gasteiger partial charge in [-0.15, -0.1) is 0 Å². The second-order valence-corrected chi connectivity index (χ2v) is 4.32. The fourth-order valence-corrected chi connectivity index (χ4v) is 1.71. The van der Waals surface area contributed by atoms with Crippen LogP contribution in [0.3, 0.4) is 0 Å². The van der Waals surface area contributed by atoms with Gasteiger partial charge in [0.05, 0.1) is 0 Å². The number of hydrogen-bond acceptors (Lipinski definition) is 2. The summed E-state index contributed by atoms with van der Waals surface area (Å²) in [4.78, 5) is 0. The molecule has 0 unspecified atom stereocenters. The SMILES string of the molecule is CC(C)c1ccc(N)c(C(C)C)c1O. The fraction of sp³-hybridized carbons (Fsp3) is 0.500. The number of rotatable bonds is 2. The molecular formula is C12H19NO. The minimum atomic E-state index is 0.258. The lowest BCUT2D eigenvalue weighted by molar-refractivity contribution is 0.455. The highest BCUT2D eigenvalue weighted by molar-refractivity contribution is 5.59. The molecule has 1 rings (SSSR count). The summed E-state index contributed by atoms with van der Waals surface area (Å²) >= 11 is 0. The van der Waals surface area contributed by atoms with Gasteiger partial charge in [0.15, 0.2) is 0 Å². The lowest BCUT2D eigenvalue weighted by atomic mass is 9.93. The Hall–Kier alpha value is -1.18. The molecule has 0 heterocycles. The van der Waals surface area contributed by atoms with Crippen molar-refractivity contribution in [3.63, 3.8) is 0 Å². The van der Waals surface area contributed by atoms with Crippen LogP contribution < -0.4 is 5.73 Å². The van der Waals surface area contributed by atoms with Gasteiger partial charge in [0.1, 0.15) is 5.75 Å². The molecule has 0 spiro atoms. The summed E-state index contributed by atoms with van der Waals surface area (Å²) in [5, 5.41) is 10.0. The Bertz CT molecular complexity index is 329. The Morgan fingerprint density at radius 3 is 2.07 bits per heavy atom. The average Bonchev–Trinajstić information content (AvgIpc) is 2.02. The van der Waals surface area contributed by atoms with Crippen LogP contribution in [0.15, 0.2) is 12.1 Å². The van der Waals surface area contributed by atoms with Gasteiger partial charge in [-0.25, -0.2) is 0 Å². The number of phenolic OH excluding ortho intramolecular Hbond substituents is 1. The molecule has 0 amide bonds. The van der Waals surface area contributed by atoms with Crippen molar-refractivity contribution in [2.75, 3.05) is 5.73 Å². The van der Waals surface area contributed by atoms with Gasteiger partial charge in [0.2, 0.25) is 0 Å². The van der Waals surface area contributed by atoms with Crippen LogP contribution in [0.5, 0.6) is 5.75 Å². The van der Waals surface area contributed by atoms with Gasteiger partial charge in [-0.2, -0.15) is 0 Å². The van der Waals surface area contributed by atoms with Crippen molar-refractivity contribution in [1.29, 1.82) is 0 Å². The maximum absolute atomic E-state index is 10.0. The zero-order valence-corrected chi connectivity index (χ0v) is 9.33. The van der Waals surface area contributed by atoms with Crippen LogP contribution in [-0.4, -0.2) is 5.11 Å². The molecule has 78 valence electrons. The summed E-state index contributed by atoms with van der Waals surface area (Å²) in [6.45, 7) is 8.20. The molecule has 0 saturated heterocycles. The molecule has 2 nitrogen and oxygen atoms in total. The van der Waals surface area contributed by atoms with Gasteiger partial charge < -0.3 is 10.8 Å². The average molecular weight is 193 g/mol. The Morgan fingerprint density at radius 2 is 1.64 bits per heavy atom. The van der Waals surface area contributed by atoms with Crippen LogP contribution in [0.2, 0.25) is 0 Å². The minimum absolute atomic E-state index is 0.258. The molecule has 1 aromatic rings. The second kappa shape index (κ2) is 3.91. The van der Waals surface area contributed by atoms with Crippen molar-refractivity contribution in [2.45, 2.75) is 39.5 Å². The topological polar surface area (TPSA) is 46.2 Å². The minimum Gasteiger partial charge on any atom is -0.507 e. The number of aromatic hydroxyl groups is 1. The fourth-order valence-electron chi connectivity index (χ4n) is 1.71. The Kier molecular flexibility index (Phi) is 3.04. The first-order valence-corrected chi connectivity index (χ1v) is 5.06. The highest BCUT2D eigenvalue weighted by Gasteiger charge is 2.15. The molecular weight excluding hydrogens is 174 g/mol. The number of nitrogens with two attached hydrogens (primary N) is 1. The third-order valence-corrected chi connectivity index (χ3v) is 2.48. The van der Waals surface area contributed by atoms with Gasteiger partial charge in [0.25, 0.3) is 0 Å². The zero-order valence-electron chi connectivity index (χ0n) is 9.33. The first-order chi connectivity index (χ1) is 6.45. The van der Waals surface area contributed by atoms with Crippen LogP contribution in [0, 0.1) is 0 Å². The lowest BCUT2D eigenvalue weighted by Gasteiger charge is -2.16. The monoisotopic (exact) mass is 193 g/mol.